The van der Waals surface area contributed by atoms with Crippen LogP contribution in [0.1, 0.15) is 22.6 Å². The number of hydrogen-bond donors (Lipinski definition) is 1. The average Bonchev–Trinajstić information content (AvgIpc) is 3.07. The van der Waals surface area contributed by atoms with Crippen LogP contribution < -0.4 is 0 Å². The molecule has 3 aromatic carbocycles. The highest BCUT2D eigenvalue weighted by molar-refractivity contribution is 5.92. The largest absolute Gasteiger partial charge is 0.354 e. The SMILES string of the molecule is Cc1ccc(C(C[N+](=O)[O-])c2c(-c3ccccc3)[nH]c3ccccc23)cc1. The maximum Gasteiger partial charge on any atom is 0.214 e. The van der Waals surface area contributed by atoms with Gasteiger partial charge in [-0.05, 0) is 29.7 Å². The molecule has 27 heavy (non-hydrogen) atoms. The Morgan fingerprint density at radius 3 is 2.30 bits per heavy atom. The number of hydrogen-bond acceptors (Lipinski definition) is 2. The van der Waals surface area contributed by atoms with Gasteiger partial charge in [0.15, 0.2) is 0 Å². The van der Waals surface area contributed by atoms with E-state index in [4.69, 9.17) is 0 Å². The number of nitrogens with zero attached hydrogens (tertiary/aromatic N) is 1. The van der Waals surface area contributed by atoms with Crippen LogP contribution >= 0.6 is 0 Å². The molecule has 0 saturated heterocycles. The third-order valence-electron chi connectivity index (χ3n) is 4.97. The van der Waals surface area contributed by atoms with Crippen molar-refractivity contribution in [3.63, 3.8) is 0 Å². The molecule has 1 N–H and O–H groups in total. The molecule has 0 radical (unpaired) electrons. The molecule has 4 aromatic rings. The van der Waals surface area contributed by atoms with Crippen LogP contribution in [0.2, 0.25) is 0 Å². The van der Waals surface area contributed by atoms with E-state index in [1.807, 2.05) is 85.8 Å². The van der Waals surface area contributed by atoms with Crippen molar-refractivity contribution in [2.75, 3.05) is 6.54 Å². The van der Waals surface area contributed by atoms with Crippen molar-refractivity contribution in [2.45, 2.75) is 12.8 Å². The molecule has 0 amide bonds. The number of fused-ring (bicyclic) bond motifs is 1. The predicted molar refractivity (Wildman–Crippen MR) is 109 cm³/mol. The number of para-hydroxylation sites is 1. The van der Waals surface area contributed by atoms with Gasteiger partial charge in [-0.25, -0.2) is 0 Å². The molecule has 0 fully saturated rings. The number of nitrogens with one attached hydrogen (secondary N) is 1. The van der Waals surface area contributed by atoms with E-state index in [9.17, 15) is 10.1 Å². The monoisotopic (exact) mass is 356 g/mol. The summed E-state index contributed by atoms with van der Waals surface area (Å²) in [5.41, 5.74) is 6.05. The van der Waals surface area contributed by atoms with Crippen molar-refractivity contribution in [3.8, 4) is 11.3 Å². The first-order valence-corrected chi connectivity index (χ1v) is 8.98. The summed E-state index contributed by atoms with van der Waals surface area (Å²) in [7, 11) is 0. The van der Waals surface area contributed by atoms with Crippen molar-refractivity contribution in [1.82, 2.24) is 4.98 Å². The van der Waals surface area contributed by atoms with E-state index in [-0.39, 0.29) is 17.4 Å². The Morgan fingerprint density at radius 2 is 1.59 bits per heavy atom. The summed E-state index contributed by atoms with van der Waals surface area (Å²) < 4.78 is 0. The molecule has 1 heterocycles. The van der Waals surface area contributed by atoms with Crippen LogP contribution in [0, 0.1) is 17.0 Å². The molecular weight excluding hydrogens is 336 g/mol. The molecule has 1 aromatic heterocycles. The Bertz CT molecular complexity index is 1080. The van der Waals surface area contributed by atoms with E-state index in [0.29, 0.717) is 0 Å². The quantitative estimate of drug-likeness (QED) is 0.376. The standard InChI is InChI=1S/C23H20N2O2/c1-16-11-13-17(14-12-16)20(15-25(26)27)22-19-9-5-6-10-21(19)24-23(22)18-7-3-2-4-8-18/h2-14,20,24H,15H2,1H3. The number of benzene rings is 3. The lowest BCUT2D eigenvalue weighted by molar-refractivity contribution is -0.481. The Balaban J connectivity index is 1.98. The van der Waals surface area contributed by atoms with Crippen LogP contribution in [0.15, 0.2) is 78.9 Å². The van der Waals surface area contributed by atoms with Crippen LogP contribution in [0.3, 0.4) is 0 Å². The zero-order valence-electron chi connectivity index (χ0n) is 15.1. The second-order valence-electron chi connectivity index (χ2n) is 6.80. The van der Waals surface area contributed by atoms with Crippen molar-refractivity contribution >= 4 is 10.9 Å². The van der Waals surface area contributed by atoms with Crippen molar-refractivity contribution in [2.24, 2.45) is 0 Å². The molecule has 134 valence electrons. The lowest BCUT2D eigenvalue weighted by atomic mass is 9.87. The third kappa shape index (κ3) is 3.34. The van der Waals surface area contributed by atoms with E-state index in [2.05, 4.69) is 4.98 Å². The number of nitro groups is 1. The number of rotatable bonds is 5. The van der Waals surface area contributed by atoms with Crippen LogP contribution in [0.25, 0.3) is 22.2 Å². The predicted octanol–water partition coefficient (Wildman–Crippen LogP) is 5.55. The first kappa shape index (κ1) is 17.0. The van der Waals surface area contributed by atoms with E-state index < -0.39 is 0 Å². The molecule has 0 aliphatic carbocycles. The van der Waals surface area contributed by atoms with Gasteiger partial charge in [-0.2, -0.15) is 0 Å². The van der Waals surface area contributed by atoms with Crippen molar-refractivity contribution < 1.29 is 4.92 Å². The lowest BCUT2D eigenvalue weighted by Crippen LogP contribution is -2.14. The lowest BCUT2D eigenvalue weighted by Gasteiger charge is -2.16. The van der Waals surface area contributed by atoms with Crippen LogP contribution in [0.5, 0.6) is 0 Å². The molecule has 4 heteroatoms. The molecule has 0 spiro atoms. The zero-order chi connectivity index (χ0) is 18.8. The van der Waals surface area contributed by atoms with Gasteiger partial charge in [0, 0.05) is 15.8 Å². The Hall–Kier alpha value is -3.40. The summed E-state index contributed by atoms with van der Waals surface area (Å²) in [5, 5.41) is 12.6. The van der Waals surface area contributed by atoms with Gasteiger partial charge in [0.25, 0.3) is 0 Å². The van der Waals surface area contributed by atoms with E-state index in [1.54, 1.807) is 0 Å². The third-order valence-corrected chi connectivity index (χ3v) is 4.97. The molecule has 0 aliphatic rings. The highest BCUT2D eigenvalue weighted by atomic mass is 16.6. The van der Waals surface area contributed by atoms with Gasteiger partial charge >= 0.3 is 0 Å². The minimum atomic E-state index is -0.327. The zero-order valence-corrected chi connectivity index (χ0v) is 15.1. The summed E-state index contributed by atoms with van der Waals surface area (Å²) in [6, 6.07) is 26.0. The highest BCUT2D eigenvalue weighted by Gasteiger charge is 2.27. The number of aromatic nitrogens is 1. The van der Waals surface area contributed by atoms with E-state index >= 15 is 0 Å². The van der Waals surface area contributed by atoms with Gasteiger partial charge in [0.1, 0.15) is 0 Å². The number of aromatic amines is 1. The average molecular weight is 356 g/mol. The number of H-pyrrole nitrogens is 1. The Morgan fingerprint density at radius 1 is 0.926 bits per heavy atom. The van der Waals surface area contributed by atoms with Gasteiger partial charge in [0.2, 0.25) is 6.54 Å². The smallest absolute Gasteiger partial charge is 0.214 e. The fraction of sp³-hybridized carbons (Fsp3) is 0.130. The first-order valence-electron chi connectivity index (χ1n) is 8.98. The second kappa shape index (κ2) is 7.08. The molecule has 4 rings (SSSR count). The fourth-order valence-electron chi connectivity index (χ4n) is 3.67. The summed E-state index contributed by atoms with van der Waals surface area (Å²) in [6.45, 7) is 1.87. The molecule has 0 aliphatic heterocycles. The minimum Gasteiger partial charge on any atom is -0.354 e. The van der Waals surface area contributed by atoms with Gasteiger partial charge in [-0.15, -0.1) is 0 Å². The molecule has 4 nitrogen and oxygen atoms in total. The highest BCUT2D eigenvalue weighted by Crippen LogP contribution is 2.38. The maximum absolute atomic E-state index is 11.5. The molecule has 1 atom stereocenters. The summed E-state index contributed by atoms with van der Waals surface area (Å²) in [6.07, 6.45) is 0. The Kier molecular flexibility index (Phi) is 4.47. The van der Waals surface area contributed by atoms with Crippen molar-refractivity contribution in [3.05, 3.63) is 106 Å². The van der Waals surface area contributed by atoms with E-state index in [1.165, 1.54) is 0 Å². The van der Waals surface area contributed by atoms with Crippen LogP contribution in [-0.2, 0) is 0 Å². The van der Waals surface area contributed by atoms with Gasteiger partial charge in [-0.3, -0.25) is 10.1 Å². The number of aryl methyl sites for hydroxylation is 1. The fourth-order valence-corrected chi connectivity index (χ4v) is 3.67. The van der Waals surface area contributed by atoms with Gasteiger partial charge in [0.05, 0.1) is 11.6 Å². The molecule has 0 bridgehead atoms. The van der Waals surface area contributed by atoms with E-state index in [0.717, 1.165) is 38.9 Å². The molecular formula is C23H20N2O2. The molecule has 0 saturated carbocycles. The molecule has 1 unspecified atom stereocenters. The minimum absolute atomic E-state index is 0.148. The topological polar surface area (TPSA) is 58.9 Å². The first-order chi connectivity index (χ1) is 13.1. The normalized spacial score (nSPS) is 12.2. The van der Waals surface area contributed by atoms with Gasteiger partial charge in [-0.1, -0.05) is 78.4 Å². The van der Waals surface area contributed by atoms with Crippen LogP contribution in [0.4, 0.5) is 0 Å². The Labute approximate surface area is 157 Å². The summed E-state index contributed by atoms with van der Waals surface area (Å²) in [4.78, 5) is 14.8. The van der Waals surface area contributed by atoms with Crippen molar-refractivity contribution in [1.29, 1.82) is 0 Å². The second-order valence-corrected chi connectivity index (χ2v) is 6.80. The maximum atomic E-state index is 11.5. The summed E-state index contributed by atoms with van der Waals surface area (Å²) in [5.74, 6) is -0.327. The summed E-state index contributed by atoms with van der Waals surface area (Å²) >= 11 is 0. The van der Waals surface area contributed by atoms with Gasteiger partial charge < -0.3 is 4.98 Å². The van der Waals surface area contributed by atoms with Crippen LogP contribution in [-0.4, -0.2) is 16.5 Å².